The number of nitrogens with zero attached hydrogens (tertiary/aromatic N) is 1. The molecule has 1 aliphatic carbocycles. The number of benzene rings is 1. The van der Waals surface area contributed by atoms with Crippen molar-refractivity contribution in [2.75, 3.05) is 13.6 Å². The van der Waals surface area contributed by atoms with Gasteiger partial charge in [-0.2, -0.15) is 0 Å². The zero-order valence-electron chi connectivity index (χ0n) is 11.9. The number of hydrogen-bond donors (Lipinski definition) is 1. The standard InChI is InChI=1S/C16H24N2O/c1-12(17)10-11-18(2)16(19)15-9-5-7-13-6-3-4-8-14(13)15/h3-4,6,8,12,15H,5,7,9-11,17H2,1-2H3. The van der Waals surface area contributed by atoms with Gasteiger partial charge in [-0.25, -0.2) is 0 Å². The molecule has 1 aliphatic rings. The second-order valence-electron chi connectivity index (χ2n) is 5.67. The number of rotatable bonds is 4. The second kappa shape index (κ2) is 6.20. The molecule has 0 fully saturated rings. The van der Waals surface area contributed by atoms with Gasteiger partial charge >= 0.3 is 0 Å². The lowest BCUT2D eigenvalue weighted by Crippen LogP contribution is -2.36. The molecular formula is C16H24N2O. The van der Waals surface area contributed by atoms with Crippen molar-refractivity contribution >= 4 is 5.91 Å². The summed E-state index contributed by atoms with van der Waals surface area (Å²) in [6.45, 7) is 2.73. The average molecular weight is 260 g/mol. The Kier molecular flexibility index (Phi) is 4.59. The van der Waals surface area contributed by atoms with Gasteiger partial charge in [-0.15, -0.1) is 0 Å². The molecule has 0 bridgehead atoms. The molecule has 2 rings (SSSR count). The monoisotopic (exact) mass is 260 g/mol. The van der Waals surface area contributed by atoms with Crippen LogP contribution in [0.5, 0.6) is 0 Å². The van der Waals surface area contributed by atoms with Gasteiger partial charge in [-0.1, -0.05) is 24.3 Å². The van der Waals surface area contributed by atoms with Crippen LogP contribution in [0.4, 0.5) is 0 Å². The number of carbonyl (C=O) groups excluding carboxylic acids is 1. The molecule has 0 saturated carbocycles. The summed E-state index contributed by atoms with van der Waals surface area (Å²) < 4.78 is 0. The second-order valence-corrected chi connectivity index (χ2v) is 5.67. The molecule has 2 unspecified atom stereocenters. The Morgan fingerprint density at radius 3 is 2.95 bits per heavy atom. The minimum atomic E-state index is 0.0445. The molecule has 1 amide bonds. The first-order valence-electron chi connectivity index (χ1n) is 7.18. The SMILES string of the molecule is CC(N)CCN(C)C(=O)C1CCCc2ccccc21. The van der Waals surface area contributed by atoms with Crippen molar-refractivity contribution in [3.8, 4) is 0 Å². The van der Waals surface area contributed by atoms with Gasteiger partial charge in [0.15, 0.2) is 0 Å². The molecular weight excluding hydrogens is 236 g/mol. The molecule has 2 N–H and O–H groups in total. The predicted octanol–water partition coefficient (Wildman–Crippen LogP) is 2.30. The molecule has 0 aliphatic heterocycles. The minimum absolute atomic E-state index is 0.0445. The highest BCUT2D eigenvalue weighted by molar-refractivity contribution is 5.84. The van der Waals surface area contributed by atoms with Crippen LogP contribution in [-0.2, 0) is 11.2 Å². The topological polar surface area (TPSA) is 46.3 Å². The van der Waals surface area contributed by atoms with E-state index in [0.29, 0.717) is 0 Å². The minimum Gasteiger partial charge on any atom is -0.345 e. The maximum atomic E-state index is 12.6. The van der Waals surface area contributed by atoms with E-state index < -0.39 is 0 Å². The van der Waals surface area contributed by atoms with Gasteiger partial charge in [-0.3, -0.25) is 4.79 Å². The molecule has 0 saturated heterocycles. The lowest BCUT2D eigenvalue weighted by molar-refractivity contribution is -0.131. The number of aryl methyl sites for hydroxylation is 1. The predicted molar refractivity (Wildman–Crippen MR) is 78.0 cm³/mol. The third kappa shape index (κ3) is 3.35. The number of amides is 1. The van der Waals surface area contributed by atoms with Crippen LogP contribution in [0.2, 0.25) is 0 Å². The van der Waals surface area contributed by atoms with Crippen LogP contribution in [0.15, 0.2) is 24.3 Å². The van der Waals surface area contributed by atoms with E-state index in [1.54, 1.807) is 0 Å². The van der Waals surface area contributed by atoms with E-state index in [0.717, 1.165) is 32.2 Å². The van der Waals surface area contributed by atoms with E-state index in [2.05, 4.69) is 18.2 Å². The number of hydrogen-bond acceptors (Lipinski definition) is 2. The van der Waals surface area contributed by atoms with Crippen molar-refractivity contribution < 1.29 is 4.79 Å². The summed E-state index contributed by atoms with van der Waals surface area (Å²) in [5.74, 6) is 0.288. The van der Waals surface area contributed by atoms with E-state index in [1.807, 2.05) is 24.9 Å². The molecule has 1 aromatic rings. The van der Waals surface area contributed by atoms with Gasteiger partial charge in [0, 0.05) is 19.6 Å². The molecule has 3 heteroatoms. The lowest BCUT2D eigenvalue weighted by Gasteiger charge is -2.29. The zero-order chi connectivity index (χ0) is 13.8. The third-order valence-electron chi connectivity index (χ3n) is 3.96. The molecule has 0 aromatic heterocycles. The van der Waals surface area contributed by atoms with Crippen molar-refractivity contribution in [2.24, 2.45) is 5.73 Å². The van der Waals surface area contributed by atoms with Gasteiger partial charge in [-0.05, 0) is 43.7 Å². The van der Waals surface area contributed by atoms with Crippen molar-refractivity contribution in [3.63, 3.8) is 0 Å². The Morgan fingerprint density at radius 1 is 1.47 bits per heavy atom. The maximum Gasteiger partial charge on any atom is 0.229 e. The molecule has 104 valence electrons. The van der Waals surface area contributed by atoms with E-state index in [9.17, 15) is 4.79 Å². The Balaban J connectivity index is 2.08. The molecule has 19 heavy (non-hydrogen) atoms. The number of likely N-dealkylation sites (N-methyl/N-ethyl adjacent to an activating group) is 1. The summed E-state index contributed by atoms with van der Waals surface area (Å²) >= 11 is 0. The number of carbonyl (C=O) groups is 1. The van der Waals surface area contributed by atoms with Crippen LogP contribution in [0.3, 0.4) is 0 Å². The van der Waals surface area contributed by atoms with Crippen molar-refractivity contribution in [1.29, 1.82) is 0 Å². The summed E-state index contributed by atoms with van der Waals surface area (Å²) in [4.78, 5) is 14.4. The Hall–Kier alpha value is -1.35. The largest absolute Gasteiger partial charge is 0.345 e. The van der Waals surface area contributed by atoms with Gasteiger partial charge in [0.1, 0.15) is 0 Å². The Bertz CT molecular complexity index is 442. The van der Waals surface area contributed by atoms with Crippen LogP contribution in [0.1, 0.15) is 43.2 Å². The smallest absolute Gasteiger partial charge is 0.229 e. The van der Waals surface area contributed by atoms with E-state index in [-0.39, 0.29) is 17.9 Å². The quantitative estimate of drug-likeness (QED) is 0.903. The van der Waals surface area contributed by atoms with Crippen LogP contribution >= 0.6 is 0 Å². The average Bonchev–Trinajstić information content (AvgIpc) is 2.43. The molecule has 3 nitrogen and oxygen atoms in total. The first kappa shape index (κ1) is 14.1. The zero-order valence-corrected chi connectivity index (χ0v) is 11.9. The maximum absolute atomic E-state index is 12.6. The summed E-state index contributed by atoms with van der Waals surface area (Å²) in [6.07, 6.45) is 4.03. The first-order chi connectivity index (χ1) is 9.09. The fraction of sp³-hybridized carbons (Fsp3) is 0.562. The summed E-state index contributed by atoms with van der Waals surface area (Å²) in [7, 11) is 1.89. The van der Waals surface area contributed by atoms with E-state index in [4.69, 9.17) is 5.73 Å². The summed E-state index contributed by atoms with van der Waals surface area (Å²) in [6, 6.07) is 8.50. The van der Waals surface area contributed by atoms with Gasteiger partial charge in [0.2, 0.25) is 5.91 Å². The Morgan fingerprint density at radius 2 is 2.21 bits per heavy atom. The van der Waals surface area contributed by atoms with E-state index in [1.165, 1.54) is 11.1 Å². The third-order valence-corrected chi connectivity index (χ3v) is 3.96. The molecule has 0 heterocycles. The lowest BCUT2D eigenvalue weighted by atomic mass is 9.82. The van der Waals surface area contributed by atoms with Gasteiger partial charge in [0.25, 0.3) is 0 Å². The van der Waals surface area contributed by atoms with Gasteiger partial charge in [0.05, 0.1) is 5.92 Å². The number of fused-ring (bicyclic) bond motifs is 1. The van der Waals surface area contributed by atoms with Crippen molar-refractivity contribution in [2.45, 2.75) is 44.6 Å². The Labute approximate surface area is 115 Å². The summed E-state index contributed by atoms with van der Waals surface area (Å²) in [5, 5.41) is 0. The van der Waals surface area contributed by atoms with Crippen LogP contribution < -0.4 is 5.73 Å². The highest BCUT2D eigenvalue weighted by Crippen LogP contribution is 2.32. The highest BCUT2D eigenvalue weighted by atomic mass is 16.2. The van der Waals surface area contributed by atoms with Crippen LogP contribution in [0.25, 0.3) is 0 Å². The highest BCUT2D eigenvalue weighted by Gasteiger charge is 2.28. The molecule has 1 aromatic carbocycles. The molecule has 0 spiro atoms. The first-order valence-corrected chi connectivity index (χ1v) is 7.18. The fourth-order valence-corrected chi connectivity index (χ4v) is 2.78. The molecule has 2 atom stereocenters. The van der Waals surface area contributed by atoms with Crippen LogP contribution in [0, 0.1) is 0 Å². The van der Waals surface area contributed by atoms with E-state index >= 15 is 0 Å². The fourth-order valence-electron chi connectivity index (χ4n) is 2.78. The normalized spacial score (nSPS) is 19.6. The summed E-state index contributed by atoms with van der Waals surface area (Å²) in [5.41, 5.74) is 8.33. The molecule has 0 radical (unpaired) electrons. The number of nitrogens with two attached hydrogens (primary N) is 1. The van der Waals surface area contributed by atoms with Crippen LogP contribution in [-0.4, -0.2) is 30.4 Å². The van der Waals surface area contributed by atoms with Crippen molar-refractivity contribution in [3.05, 3.63) is 35.4 Å². The van der Waals surface area contributed by atoms with Gasteiger partial charge < -0.3 is 10.6 Å². The van der Waals surface area contributed by atoms with Crippen molar-refractivity contribution in [1.82, 2.24) is 4.90 Å².